The third-order valence-electron chi connectivity index (χ3n) is 2.55. The highest BCUT2D eigenvalue weighted by Crippen LogP contribution is 2.33. The molecule has 0 aliphatic rings. The zero-order chi connectivity index (χ0) is 12.4. The first-order valence-electron chi connectivity index (χ1n) is 5.33. The Morgan fingerprint density at radius 3 is 2.76 bits per heavy atom. The van der Waals surface area contributed by atoms with Crippen molar-refractivity contribution >= 4 is 27.3 Å². The predicted octanol–water partition coefficient (Wildman–Crippen LogP) is 4.29. The van der Waals surface area contributed by atoms with E-state index in [4.69, 9.17) is 0 Å². The molecule has 0 saturated heterocycles. The summed E-state index contributed by atoms with van der Waals surface area (Å²) in [5.41, 5.74) is 0.564. The maximum absolute atomic E-state index is 13.2. The Morgan fingerprint density at radius 2 is 2.12 bits per heavy atom. The Labute approximate surface area is 112 Å². The number of aryl methyl sites for hydroxylation is 1. The van der Waals surface area contributed by atoms with Crippen LogP contribution in [0.2, 0.25) is 0 Å². The molecule has 1 heterocycles. The number of aliphatic hydroxyl groups is 1. The second kappa shape index (κ2) is 5.29. The summed E-state index contributed by atoms with van der Waals surface area (Å²) < 4.78 is 13.9. The Hall–Kier alpha value is -0.710. The topological polar surface area (TPSA) is 20.2 Å². The number of benzene rings is 1. The second-order valence-electron chi connectivity index (χ2n) is 3.73. The molecule has 0 aliphatic carbocycles. The zero-order valence-electron chi connectivity index (χ0n) is 9.28. The van der Waals surface area contributed by atoms with Crippen LogP contribution in [0.5, 0.6) is 0 Å². The minimum absolute atomic E-state index is 0.338. The van der Waals surface area contributed by atoms with Crippen molar-refractivity contribution in [2.24, 2.45) is 0 Å². The van der Waals surface area contributed by atoms with Gasteiger partial charge in [-0.2, -0.15) is 0 Å². The maximum atomic E-state index is 13.2. The van der Waals surface area contributed by atoms with Gasteiger partial charge in [-0.25, -0.2) is 4.39 Å². The first kappa shape index (κ1) is 12.7. The molecule has 1 N–H and O–H groups in total. The molecule has 0 spiro atoms. The Balaban J connectivity index is 2.35. The lowest BCUT2D eigenvalue weighted by Gasteiger charge is -2.11. The van der Waals surface area contributed by atoms with Gasteiger partial charge in [-0.15, -0.1) is 11.3 Å². The van der Waals surface area contributed by atoms with Crippen molar-refractivity contribution in [2.45, 2.75) is 19.4 Å². The molecule has 0 bridgehead atoms. The fourth-order valence-electron chi connectivity index (χ4n) is 1.61. The number of rotatable bonds is 3. The molecule has 0 fully saturated rings. The molecular weight excluding hydrogens is 303 g/mol. The van der Waals surface area contributed by atoms with Crippen LogP contribution in [-0.4, -0.2) is 5.11 Å². The summed E-state index contributed by atoms with van der Waals surface area (Å²) in [5, 5.41) is 10.2. The summed E-state index contributed by atoms with van der Waals surface area (Å²) >= 11 is 4.89. The van der Waals surface area contributed by atoms with Crippen molar-refractivity contribution in [1.29, 1.82) is 0 Å². The molecular formula is C13H12BrFOS. The van der Waals surface area contributed by atoms with E-state index in [9.17, 15) is 9.50 Å². The van der Waals surface area contributed by atoms with Crippen molar-refractivity contribution in [3.05, 3.63) is 55.9 Å². The van der Waals surface area contributed by atoms with Gasteiger partial charge in [0.2, 0.25) is 0 Å². The van der Waals surface area contributed by atoms with Crippen molar-refractivity contribution in [3.8, 4) is 0 Å². The lowest BCUT2D eigenvalue weighted by molar-refractivity contribution is 0.223. The first-order valence-corrected chi connectivity index (χ1v) is 6.94. The van der Waals surface area contributed by atoms with E-state index in [2.05, 4.69) is 22.9 Å². The SMILES string of the molecule is CCc1ccc(C(O)c2cc(F)ccc2Br)s1. The first-order chi connectivity index (χ1) is 8.11. The summed E-state index contributed by atoms with van der Waals surface area (Å²) in [6, 6.07) is 8.23. The van der Waals surface area contributed by atoms with Gasteiger partial charge in [-0.3, -0.25) is 0 Å². The van der Waals surface area contributed by atoms with E-state index in [0.29, 0.717) is 5.56 Å². The number of halogens is 2. The van der Waals surface area contributed by atoms with Crippen LogP contribution in [0, 0.1) is 5.82 Å². The Bertz CT molecular complexity index is 524. The predicted molar refractivity (Wildman–Crippen MR) is 71.9 cm³/mol. The van der Waals surface area contributed by atoms with E-state index in [-0.39, 0.29) is 5.82 Å². The normalized spacial score (nSPS) is 12.7. The molecule has 2 aromatic rings. The van der Waals surface area contributed by atoms with Crippen LogP contribution < -0.4 is 0 Å². The van der Waals surface area contributed by atoms with E-state index < -0.39 is 6.10 Å². The average molecular weight is 315 g/mol. The number of aliphatic hydroxyl groups excluding tert-OH is 1. The maximum Gasteiger partial charge on any atom is 0.123 e. The van der Waals surface area contributed by atoms with Crippen LogP contribution >= 0.6 is 27.3 Å². The summed E-state index contributed by atoms with van der Waals surface area (Å²) in [7, 11) is 0. The minimum Gasteiger partial charge on any atom is -0.383 e. The van der Waals surface area contributed by atoms with Crippen molar-refractivity contribution in [2.75, 3.05) is 0 Å². The molecule has 1 aromatic heterocycles. The number of thiophene rings is 1. The molecule has 90 valence electrons. The average Bonchev–Trinajstić information content (AvgIpc) is 2.80. The molecule has 17 heavy (non-hydrogen) atoms. The van der Waals surface area contributed by atoms with Gasteiger partial charge in [0.15, 0.2) is 0 Å². The third kappa shape index (κ3) is 2.76. The lowest BCUT2D eigenvalue weighted by Crippen LogP contribution is -1.98. The molecule has 1 unspecified atom stereocenters. The minimum atomic E-state index is -0.773. The van der Waals surface area contributed by atoms with Gasteiger partial charge in [0.05, 0.1) is 0 Å². The van der Waals surface area contributed by atoms with Gasteiger partial charge in [-0.05, 0) is 36.8 Å². The molecule has 1 atom stereocenters. The second-order valence-corrected chi connectivity index (χ2v) is 5.78. The van der Waals surface area contributed by atoms with Gasteiger partial charge < -0.3 is 5.11 Å². The fourth-order valence-corrected chi connectivity index (χ4v) is 3.03. The Morgan fingerprint density at radius 1 is 1.35 bits per heavy atom. The monoisotopic (exact) mass is 314 g/mol. The van der Waals surface area contributed by atoms with Crippen LogP contribution in [0.1, 0.15) is 28.3 Å². The van der Waals surface area contributed by atoms with Crippen LogP contribution in [-0.2, 0) is 6.42 Å². The molecule has 0 radical (unpaired) electrons. The standard InChI is InChI=1S/C13H12BrFOS/c1-2-9-4-6-12(17-9)13(16)10-7-8(15)3-5-11(10)14/h3-7,13,16H,2H2,1H3. The smallest absolute Gasteiger partial charge is 0.123 e. The van der Waals surface area contributed by atoms with E-state index in [1.54, 1.807) is 17.4 Å². The van der Waals surface area contributed by atoms with Crippen molar-refractivity contribution in [1.82, 2.24) is 0 Å². The summed E-state index contributed by atoms with van der Waals surface area (Å²) in [6.07, 6.45) is 0.173. The highest BCUT2D eigenvalue weighted by Gasteiger charge is 2.16. The van der Waals surface area contributed by atoms with Gasteiger partial charge in [0.1, 0.15) is 11.9 Å². The zero-order valence-corrected chi connectivity index (χ0v) is 11.7. The highest BCUT2D eigenvalue weighted by atomic mass is 79.9. The van der Waals surface area contributed by atoms with Gasteiger partial charge in [-0.1, -0.05) is 22.9 Å². The van der Waals surface area contributed by atoms with Gasteiger partial charge >= 0.3 is 0 Å². The van der Waals surface area contributed by atoms with Crippen LogP contribution in [0.15, 0.2) is 34.8 Å². The van der Waals surface area contributed by atoms with Gasteiger partial charge in [0, 0.05) is 19.8 Å². The van der Waals surface area contributed by atoms with E-state index in [1.807, 2.05) is 12.1 Å². The summed E-state index contributed by atoms with van der Waals surface area (Å²) in [4.78, 5) is 2.06. The summed E-state index contributed by atoms with van der Waals surface area (Å²) in [5.74, 6) is -0.338. The van der Waals surface area contributed by atoms with Crippen LogP contribution in [0.4, 0.5) is 4.39 Å². The van der Waals surface area contributed by atoms with Crippen LogP contribution in [0.3, 0.4) is 0 Å². The molecule has 0 saturated carbocycles. The van der Waals surface area contributed by atoms with Gasteiger partial charge in [0.25, 0.3) is 0 Å². The number of hydrogen-bond acceptors (Lipinski definition) is 2. The highest BCUT2D eigenvalue weighted by molar-refractivity contribution is 9.10. The Kier molecular flexibility index (Phi) is 3.97. The van der Waals surface area contributed by atoms with Crippen molar-refractivity contribution in [3.63, 3.8) is 0 Å². The summed E-state index contributed by atoms with van der Waals surface area (Å²) in [6.45, 7) is 2.07. The third-order valence-corrected chi connectivity index (χ3v) is 4.56. The molecule has 0 aliphatic heterocycles. The number of hydrogen-bond donors (Lipinski definition) is 1. The van der Waals surface area contributed by atoms with E-state index >= 15 is 0 Å². The molecule has 4 heteroatoms. The van der Waals surface area contributed by atoms with E-state index in [0.717, 1.165) is 15.8 Å². The quantitative estimate of drug-likeness (QED) is 0.895. The molecule has 1 nitrogen and oxygen atoms in total. The molecule has 2 rings (SSSR count). The molecule has 0 amide bonds. The largest absolute Gasteiger partial charge is 0.383 e. The lowest BCUT2D eigenvalue weighted by atomic mass is 10.1. The van der Waals surface area contributed by atoms with Crippen LogP contribution in [0.25, 0.3) is 0 Å². The molecule has 1 aromatic carbocycles. The van der Waals surface area contributed by atoms with E-state index in [1.165, 1.54) is 17.0 Å². The fraction of sp³-hybridized carbons (Fsp3) is 0.231. The van der Waals surface area contributed by atoms with Crippen molar-refractivity contribution < 1.29 is 9.50 Å².